The highest BCUT2D eigenvalue weighted by molar-refractivity contribution is 5.57. The van der Waals surface area contributed by atoms with Crippen LogP contribution in [0.25, 0.3) is 0 Å². The molecule has 7 heteroatoms. The van der Waals surface area contributed by atoms with Gasteiger partial charge in [-0.05, 0) is 6.92 Å². The van der Waals surface area contributed by atoms with Crippen molar-refractivity contribution in [2.45, 2.75) is 19.5 Å². The molecule has 0 saturated heterocycles. The molecule has 0 unspecified atom stereocenters. The zero-order valence-electron chi connectivity index (χ0n) is 9.97. The Bertz CT molecular complexity index is 378. The van der Waals surface area contributed by atoms with Crippen LogP contribution < -0.4 is 10.2 Å². The van der Waals surface area contributed by atoms with Crippen LogP contribution in [0, 0.1) is 6.92 Å². The van der Waals surface area contributed by atoms with Crippen molar-refractivity contribution in [2.75, 3.05) is 30.9 Å². The molecule has 1 N–H and O–H groups in total. The Balaban J connectivity index is 2.79. The van der Waals surface area contributed by atoms with Gasteiger partial charge in [0.25, 0.3) is 0 Å². The quantitative estimate of drug-likeness (QED) is 0.887. The standard InChI is InChI=1S/C10H15F3N4/c1-7-8(14-2)15-6-16-9(7)17(3)5-4-10(11,12)13/h6H,4-5H2,1-3H3,(H,14,15,16). The summed E-state index contributed by atoms with van der Waals surface area (Å²) in [6.45, 7) is 1.65. The Kier molecular flexibility index (Phi) is 4.14. The average molecular weight is 248 g/mol. The van der Waals surface area contributed by atoms with E-state index in [9.17, 15) is 13.2 Å². The summed E-state index contributed by atoms with van der Waals surface area (Å²) >= 11 is 0. The summed E-state index contributed by atoms with van der Waals surface area (Å²) in [5, 5.41) is 2.86. The first-order valence-electron chi connectivity index (χ1n) is 5.12. The van der Waals surface area contributed by atoms with Gasteiger partial charge in [-0.25, -0.2) is 9.97 Å². The molecule has 0 bridgehead atoms. The fraction of sp³-hybridized carbons (Fsp3) is 0.600. The molecule has 0 aliphatic carbocycles. The Morgan fingerprint density at radius 1 is 1.35 bits per heavy atom. The third-order valence-electron chi connectivity index (χ3n) is 2.39. The lowest BCUT2D eigenvalue weighted by Crippen LogP contribution is -2.25. The van der Waals surface area contributed by atoms with Crippen LogP contribution >= 0.6 is 0 Å². The van der Waals surface area contributed by atoms with Crippen molar-refractivity contribution in [3.05, 3.63) is 11.9 Å². The average Bonchev–Trinajstić information content (AvgIpc) is 2.25. The summed E-state index contributed by atoms with van der Waals surface area (Å²) in [7, 11) is 3.29. The van der Waals surface area contributed by atoms with Crippen LogP contribution in [0.2, 0.25) is 0 Å². The third kappa shape index (κ3) is 3.76. The predicted octanol–water partition coefficient (Wildman–Crippen LogP) is 2.22. The summed E-state index contributed by atoms with van der Waals surface area (Å²) in [4.78, 5) is 9.45. The predicted molar refractivity (Wildman–Crippen MR) is 60.3 cm³/mol. The lowest BCUT2D eigenvalue weighted by molar-refractivity contribution is -0.132. The molecule has 96 valence electrons. The van der Waals surface area contributed by atoms with E-state index in [2.05, 4.69) is 15.3 Å². The molecule has 0 radical (unpaired) electrons. The van der Waals surface area contributed by atoms with Crippen LogP contribution in [0.5, 0.6) is 0 Å². The van der Waals surface area contributed by atoms with Crippen LogP contribution in [0.4, 0.5) is 24.8 Å². The molecule has 0 spiro atoms. The van der Waals surface area contributed by atoms with E-state index in [0.717, 1.165) is 5.56 Å². The highest BCUT2D eigenvalue weighted by atomic mass is 19.4. The Labute approximate surface area is 97.9 Å². The van der Waals surface area contributed by atoms with Gasteiger partial charge in [0, 0.05) is 26.2 Å². The van der Waals surface area contributed by atoms with Crippen LogP contribution in [0.3, 0.4) is 0 Å². The van der Waals surface area contributed by atoms with Crippen molar-refractivity contribution in [1.29, 1.82) is 0 Å². The van der Waals surface area contributed by atoms with Crippen molar-refractivity contribution in [2.24, 2.45) is 0 Å². The molecule has 1 heterocycles. The number of alkyl halides is 3. The molecule has 0 saturated carbocycles. The lowest BCUT2D eigenvalue weighted by atomic mass is 10.3. The van der Waals surface area contributed by atoms with E-state index in [1.54, 1.807) is 21.0 Å². The molecule has 1 aromatic heterocycles. The number of rotatable bonds is 4. The van der Waals surface area contributed by atoms with Gasteiger partial charge in [-0.2, -0.15) is 13.2 Å². The minimum absolute atomic E-state index is 0.121. The van der Waals surface area contributed by atoms with E-state index in [1.165, 1.54) is 11.2 Å². The highest BCUT2D eigenvalue weighted by Gasteiger charge is 2.27. The van der Waals surface area contributed by atoms with Crippen LogP contribution in [-0.4, -0.2) is 36.8 Å². The third-order valence-corrected chi connectivity index (χ3v) is 2.39. The molecular weight excluding hydrogens is 233 g/mol. The van der Waals surface area contributed by atoms with Gasteiger partial charge in [-0.15, -0.1) is 0 Å². The van der Waals surface area contributed by atoms with Crippen LogP contribution in [0.15, 0.2) is 6.33 Å². The highest BCUT2D eigenvalue weighted by Crippen LogP contribution is 2.24. The summed E-state index contributed by atoms with van der Waals surface area (Å²) < 4.78 is 36.3. The number of hydrogen-bond donors (Lipinski definition) is 1. The van der Waals surface area contributed by atoms with E-state index < -0.39 is 12.6 Å². The Hall–Kier alpha value is -1.53. The number of anilines is 2. The van der Waals surface area contributed by atoms with Crippen molar-refractivity contribution in [1.82, 2.24) is 9.97 Å². The first kappa shape index (κ1) is 13.5. The molecule has 17 heavy (non-hydrogen) atoms. The number of aromatic nitrogens is 2. The second kappa shape index (κ2) is 5.20. The maximum absolute atomic E-state index is 12.1. The van der Waals surface area contributed by atoms with Crippen molar-refractivity contribution < 1.29 is 13.2 Å². The summed E-state index contributed by atoms with van der Waals surface area (Å²) in [6, 6.07) is 0. The molecule has 0 atom stereocenters. The van der Waals surface area contributed by atoms with Gasteiger partial charge in [0.2, 0.25) is 0 Å². The first-order valence-corrected chi connectivity index (χ1v) is 5.12. The molecular formula is C10H15F3N4. The Morgan fingerprint density at radius 2 is 2.00 bits per heavy atom. The summed E-state index contributed by atoms with van der Waals surface area (Å²) in [6.07, 6.45) is -3.68. The van der Waals surface area contributed by atoms with Crippen LogP contribution in [-0.2, 0) is 0 Å². The van der Waals surface area contributed by atoms with E-state index in [4.69, 9.17) is 0 Å². The zero-order chi connectivity index (χ0) is 13.1. The van der Waals surface area contributed by atoms with Crippen LogP contribution in [0.1, 0.15) is 12.0 Å². The molecule has 0 aliphatic heterocycles. The Morgan fingerprint density at radius 3 is 2.53 bits per heavy atom. The lowest BCUT2D eigenvalue weighted by Gasteiger charge is -2.21. The minimum Gasteiger partial charge on any atom is -0.373 e. The van der Waals surface area contributed by atoms with Crippen molar-refractivity contribution in [3.8, 4) is 0 Å². The van der Waals surface area contributed by atoms with Gasteiger partial charge in [0.15, 0.2) is 0 Å². The van der Waals surface area contributed by atoms with Gasteiger partial charge in [0.1, 0.15) is 18.0 Å². The SMILES string of the molecule is CNc1ncnc(N(C)CCC(F)(F)F)c1C. The second-order valence-corrected chi connectivity index (χ2v) is 3.71. The van der Waals surface area contributed by atoms with Gasteiger partial charge in [0.05, 0.1) is 6.42 Å². The zero-order valence-corrected chi connectivity index (χ0v) is 9.97. The molecule has 0 fully saturated rings. The smallest absolute Gasteiger partial charge is 0.373 e. The van der Waals surface area contributed by atoms with Gasteiger partial charge < -0.3 is 10.2 Å². The number of nitrogens with one attached hydrogen (secondary N) is 1. The monoisotopic (exact) mass is 248 g/mol. The molecule has 0 aliphatic rings. The fourth-order valence-electron chi connectivity index (χ4n) is 1.48. The molecule has 1 aromatic rings. The minimum atomic E-state index is -4.15. The second-order valence-electron chi connectivity index (χ2n) is 3.71. The molecule has 1 rings (SSSR count). The largest absolute Gasteiger partial charge is 0.390 e. The molecule has 0 aromatic carbocycles. The normalized spacial score (nSPS) is 11.4. The molecule has 0 amide bonds. The fourth-order valence-corrected chi connectivity index (χ4v) is 1.48. The number of nitrogens with zero attached hydrogens (tertiary/aromatic N) is 3. The summed E-state index contributed by atoms with van der Waals surface area (Å²) in [5.74, 6) is 1.13. The van der Waals surface area contributed by atoms with Gasteiger partial charge in [-0.1, -0.05) is 0 Å². The van der Waals surface area contributed by atoms with E-state index >= 15 is 0 Å². The van der Waals surface area contributed by atoms with E-state index in [1.807, 2.05) is 0 Å². The van der Waals surface area contributed by atoms with E-state index in [0.29, 0.717) is 11.6 Å². The van der Waals surface area contributed by atoms with Gasteiger partial charge in [-0.3, -0.25) is 0 Å². The number of hydrogen-bond acceptors (Lipinski definition) is 4. The summed E-state index contributed by atoms with van der Waals surface area (Å²) in [5.41, 5.74) is 0.736. The van der Waals surface area contributed by atoms with Gasteiger partial charge >= 0.3 is 6.18 Å². The van der Waals surface area contributed by atoms with E-state index in [-0.39, 0.29) is 6.54 Å². The van der Waals surface area contributed by atoms with Crippen molar-refractivity contribution >= 4 is 11.6 Å². The number of halogens is 3. The maximum Gasteiger partial charge on any atom is 0.390 e. The molecule has 4 nitrogen and oxygen atoms in total. The topological polar surface area (TPSA) is 41.1 Å². The first-order chi connectivity index (χ1) is 7.85. The maximum atomic E-state index is 12.1. The van der Waals surface area contributed by atoms with Crippen molar-refractivity contribution in [3.63, 3.8) is 0 Å².